The molecule has 2 aromatic rings. The summed E-state index contributed by atoms with van der Waals surface area (Å²) in [5, 5.41) is 14.6. The SMILES string of the molecule is O=C(C[C@H]1CC=CC[C@H](Cc2ccccc2)C(=O)OC[C@H](Cc2ccccc2)NC1=O)NCCOCCO. The van der Waals surface area contributed by atoms with Gasteiger partial charge in [-0.15, -0.1) is 0 Å². The molecule has 8 heteroatoms. The van der Waals surface area contributed by atoms with Crippen molar-refractivity contribution in [2.24, 2.45) is 11.8 Å². The molecule has 38 heavy (non-hydrogen) atoms. The van der Waals surface area contributed by atoms with Crippen LogP contribution in [0.5, 0.6) is 0 Å². The zero-order valence-electron chi connectivity index (χ0n) is 21.7. The number of aliphatic hydroxyl groups excluding tert-OH is 1. The Labute approximate surface area is 224 Å². The highest BCUT2D eigenvalue weighted by molar-refractivity contribution is 5.86. The van der Waals surface area contributed by atoms with Crippen molar-refractivity contribution < 1.29 is 29.0 Å². The molecule has 0 aliphatic carbocycles. The molecule has 1 heterocycles. The van der Waals surface area contributed by atoms with Gasteiger partial charge >= 0.3 is 5.97 Å². The maximum Gasteiger partial charge on any atom is 0.309 e. The van der Waals surface area contributed by atoms with Crippen molar-refractivity contribution in [1.82, 2.24) is 10.6 Å². The van der Waals surface area contributed by atoms with E-state index in [4.69, 9.17) is 14.6 Å². The molecule has 0 saturated heterocycles. The van der Waals surface area contributed by atoms with E-state index in [1.54, 1.807) is 0 Å². The molecular weight excluding hydrogens is 484 g/mol. The van der Waals surface area contributed by atoms with Crippen molar-refractivity contribution in [3.05, 3.63) is 83.9 Å². The molecule has 3 rings (SSSR count). The van der Waals surface area contributed by atoms with Crippen LogP contribution >= 0.6 is 0 Å². The number of amides is 2. The van der Waals surface area contributed by atoms with Crippen LogP contribution in [-0.4, -0.2) is 61.9 Å². The number of benzene rings is 2. The lowest BCUT2D eigenvalue weighted by atomic mass is 9.94. The van der Waals surface area contributed by atoms with Crippen molar-refractivity contribution in [3.63, 3.8) is 0 Å². The fraction of sp³-hybridized carbons (Fsp3) is 0.433. The summed E-state index contributed by atoms with van der Waals surface area (Å²) in [6, 6.07) is 19.1. The summed E-state index contributed by atoms with van der Waals surface area (Å²) in [4.78, 5) is 38.8. The lowest BCUT2D eigenvalue weighted by Gasteiger charge is -2.24. The second-order valence-corrected chi connectivity index (χ2v) is 9.44. The highest BCUT2D eigenvalue weighted by Gasteiger charge is 2.27. The largest absolute Gasteiger partial charge is 0.463 e. The van der Waals surface area contributed by atoms with Crippen LogP contribution in [0.15, 0.2) is 72.8 Å². The predicted molar refractivity (Wildman–Crippen MR) is 144 cm³/mol. The highest BCUT2D eigenvalue weighted by atomic mass is 16.5. The number of hydrogen-bond donors (Lipinski definition) is 3. The molecule has 0 aromatic heterocycles. The van der Waals surface area contributed by atoms with E-state index >= 15 is 0 Å². The van der Waals surface area contributed by atoms with Crippen molar-refractivity contribution in [3.8, 4) is 0 Å². The molecule has 0 radical (unpaired) electrons. The summed E-state index contributed by atoms with van der Waals surface area (Å²) in [6.45, 7) is 0.779. The third-order valence-electron chi connectivity index (χ3n) is 6.37. The van der Waals surface area contributed by atoms with Gasteiger partial charge < -0.3 is 25.2 Å². The highest BCUT2D eigenvalue weighted by Crippen LogP contribution is 2.19. The third-order valence-corrected chi connectivity index (χ3v) is 6.37. The molecule has 0 saturated carbocycles. The van der Waals surface area contributed by atoms with Crippen LogP contribution in [-0.2, 0) is 36.7 Å². The second kappa shape index (κ2) is 16.4. The average Bonchev–Trinajstić information content (AvgIpc) is 2.93. The molecule has 2 amide bonds. The number of ether oxygens (including phenoxy) is 2. The van der Waals surface area contributed by atoms with Crippen LogP contribution in [0, 0.1) is 11.8 Å². The summed E-state index contributed by atoms with van der Waals surface area (Å²) in [5.74, 6) is -1.69. The van der Waals surface area contributed by atoms with Crippen LogP contribution < -0.4 is 10.6 Å². The minimum Gasteiger partial charge on any atom is -0.463 e. The van der Waals surface area contributed by atoms with Gasteiger partial charge in [-0.1, -0.05) is 72.8 Å². The zero-order chi connectivity index (χ0) is 27.0. The Kier molecular flexibility index (Phi) is 12.5. The number of nitrogens with one attached hydrogen (secondary N) is 2. The van der Waals surface area contributed by atoms with Crippen molar-refractivity contribution >= 4 is 17.8 Å². The Balaban J connectivity index is 1.71. The molecule has 3 atom stereocenters. The summed E-state index contributed by atoms with van der Waals surface area (Å²) in [7, 11) is 0. The first-order valence-electron chi connectivity index (χ1n) is 13.2. The molecule has 2 aromatic carbocycles. The van der Waals surface area contributed by atoms with Gasteiger partial charge in [0.1, 0.15) is 6.61 Å². The van der Waals surface area contributed by atoms with Crippen LogP contribution in [0.3, 0.4) is 0 Å². The normalized spacial score (nSPS) is 20.5. The van der Waals surface area contributed by atoms with E-state index in [1.807, 2.05) is 72.8 Å². The Morgan fingerprint density at radius 3 is 2.21 bits per heavy atom. The van der Waals surface area contributed by atoms with Gasteiger partial charge in [0, 0.05) is 13.0 Å². The second-order valence-electron chi connectivity index (χ2n) is 9.44. The minimum absolute atomic E-state index is 0.0292. The molecule has 1 aliphatic rings. The molecule has 0 unspecified atom stereocenters. The van der Waals surface area contributed by atoms with Crippen molar-refractivity contribution in [2.75, 3.05) is 33.0 Å². The van der Waals surface area contributed by atoms with E-state index < -0.39 is 12.0 Å². The minimum atomic E-state index is -0.564. The lowest BCUT2D eigenvalue weighted by molar-refractivity contribution is -0.150. The Hall–Kier alpha value is -3.49. The maximum atomic E-state index is 13.3. The van der Waals surface area contributed by atoms with Crippen LogP contribution in [0.4, 0.5) is 0 Å². The molecule has 3 N–H and O–H groups in total. The zero-order valence-corrected chi connectivity index (χ0v) is 21.7. The Morgan fingerprint density at radius 1 is 0.921 bits per heavy atom. The fourth-order valence-electron chi connectivity index (χ4n) is 4.36. The summed E-state index contributed by atoms with van der Waals surface area (Å²) < 4.78 is 10.9. The van der Waals surface area contributed by atoms with Crippen molar-refractivity contribution in [1.29, 1.82) is 0 Å². The number of allylic oxidation sites excluding steroid dienone is 2. The summed E-state index contributed by atoms with van der Waals surface area (Å²) in [6.07, 6.45) is 5.73. The lowest BCUT2D eigenvalue weighted by Crippen LogP contribution is -2.45. The van der Waals surface area contributed by atoms with Gasteiger partial charge in [-0.05, 0) is 36.8 Å². The number of cyclic esters (lactones) is 1. The first kappa shape index (κ1) is 29.1. The summed E-state index contributed by atoms with van der Waals surface area (Å²) in [5.41, 5.74) is 2.07. The number of carbonyl (C=O) groups excluding carboxylic acids is 3. The van der Waals surface area contributed by atoms with Crippen LogP contribution in [0.25, 0.3) is 0 Å². The van der Waals surface area contributed by atoms with E-state index in [0.717, 1.165) is 11.1 Å². The van der Waals surface area contributed by atoms with E-state index in [9.17, 15) is 14.4 Å². The van der Waals surface area contributed by atoms with E-state index in [-0.39, 0.29) is 56.5 Å². The van der Waals surface area contributed by atoms with Gasteiger partial charge in [-0.25, -0.2) is 0 Å². The van der Waals surface area contributed by atoms with Crippen molar-refractivity contribution in [2.45, 2.75) is 38.1 Å². The Morgan fingerprint density at radius 2 is 1.55 bits per heavy atom. The standard InChI is InChI=1S/C30H38N2O6/c33-16-18-37-17-15-31-28(34)21-25-13-7-8-14-26(19-23-9-3-1-4-10-23)30(36)38-22-27(32-29(25)35)20-24-11-5-2-6-12-24/h1-12,25-27,33H,13-22H2,(H,31,34)(H,32,35)/t25-,26-,27+/m1/s1. The van der Waals surface area contributed by atoms with Gasteiger partial charge in [0.2, 0.25) is 11.8 Å². The average molecular weight is 523 g/mol. The Bertz CT molecular complexity index is 1030. The molecule has 0 spiro atoms. The molecule has 0 fully saturated rings. The van der Waals surface area contributed by atoms with Gasteiger partial charge in [0.15, 0.2) is 0 Å². The van der Waals surface area contributed by atoms with Gasteiger partial charge in [-0.2, -0.15) is 0 Å². The fourth-order valence-corrected chi connectivity index (χ4v) is 4.36. The number of carbonyl (C=O) groups is 3. The van der Waals surface area contributed by atoms with Crippen LogP contribution in [0.1, 0.15) is 30.4 Å². The predicted octanol–water partition coefficient (Wildman–Crippen LogP) is 2.60. The molecule has 8 nitrogen and oxygen atoms in total. The number of hydrogen-bond acceptors (Lipinski definition) is 6. The molecule has 0 bridgehead atoms. The number of esters is 1. The first-order valence-corrected chi connectivity index (χ1v) is 13.2. The van der Waals surface area contributed by atoms with E-state index in [2.05, 4.69) is 10.6 Å². The summed E-state index contributed by atoms with van der Waals surface area (Å²) >= 11 is 0. The topological polar surface area (TPSA) is 114 Å². The molecule has 204 valence electrons. The van der Waals surface area contributed by atoms with E-state index in [0.29, 0.717) is 32.2 Å². The third kappa shape index (κ3) is 10.5. The smallest absolute Gasteiger partial charge is 0.309 e. The number of rotatable bonds is 11. The quantitative estimate of drug-likeness (QED) is 0.238. The number of aliphatic hydroxyl groups is 1. The van der Waals surface area contributed by atoms with Crippen LogP contribution in [0.2, 0.25) is 0 Å². The van der Waals surface area contributed by atoms with Gasteiger partial charge in [-0.3, -0.25) is 14.4 Å². The first-order chi connectivity index (χ1) is 18.5. The molecular formula is C30H38N2O6. The van der Waals surface area contributed by atoms with Gasteiger partial charge in [0.05, 0.1) is 37.7 Å². The van der Waals surface area contributed by atoms with E-state index in [1.165, 1.54) is 0 Å². The van der Waals surface area contributed by atoms with Gasteiger partial charge in [0.25, 0.3) is 0 Å². The molecule has 1 aliphatic heterocycles. The maximum absolute atomic E-state index is 13.3. The monoisotopic (exact) mass is 522 g/mol.